The highest BCUT2D eigenvalue weighted by molar-refractivity contribution is 7.17. The van der Waals surface area contributed by atoms with Crippen molar-refractivity contribution in [2.75, 3.05) is 20.7 Å². The maximum absolute atomic E-state index is 14.7. The highest BCUT2D eigenvalue weighted by Crippen LogP contribution is 2.41. The van der Waals surface area contributed by atoms with Crippen molar-refractivity contribution in [1.82, 2.24) is 10.3 Å². The van der Waals surface area contributed by atoms with Crippen LogP contribution in [-0.4, -0.2) is 25.7 Å². The molecule has 0 saturated carbocycles. The molecule has 2 heterocycles. The molecule has 0 aliphatic carbocycles. The largest absolute Gasteiger partial charge is 0.496 e. The molecule has 26 heavy (non-hydrogen) atoms. The lowest BCUT2D eigenvalue weighted by molar-refractivity contribution is 0.417. The van der Waals surface area contributed by atoms with Gasteiger partial charge in [0.25, 0.3) is 0 Å². The summed E-state index contributed by atoms with van der Waals surface area (Å²) >= 11 is 1.65. The summed E-state index contributed by atoms with van der Waals surface area (Å²) in [7, 11) is 3.51. The normalized spacial score (nSPS) is 11.3. The third-order valence-electron chi connectivity index (χ3n) is 4.64. The minimum atomic E-state index is -0.192. The average molecular weight is 366 g/mol. The van der Waals surface area contributed by atoms with Gasteiger partial charge in [0.1, 0.15) is 11.6 Å². The molecule has 0 bridgehead atoms. The van der Waals surface area contributed by atoms with Gasteiger partial charge in [-0.15, -0.1) is 11.3 Å². The Balaban J connectivity index is 1.98. The van der Waals surface area contributed by atoms with E-state index in [1.807, 2.05) is 37.5 Å². The lowest BCUT2D eigenvalue weighted by Crippen LogP contribution is -2.11. The molecule has 0 amide bonds. The Morgan fingerprint density at radius 1 is 1.19 bits per heavy atom. The van der Waals surface area contributed by atoms with E-state index in [2.05, 4.69) is 21.7 Å². The molecule has 132 valence electrons. The Hall–Kier alpha value is -2.50. The first-order valence-corrected chi connectivity index (χ1v) is 9.37. The lowest BCUT2D eigenvalue weighted by atomic mass is 9.96. The summed E-state index contributed by atoms with van der Waals surface area (Å²) < 4.78 is 21.4. The van der Waals surface area contributed by atoms with Crippen molar-refractivity contribution < 1.29 is 9.13 Å². The first-order valence-electron chi connectivity index (χ1n) is 8.49. The zero-order chi connectivity index (χ0) is 18.1. The number of likely N-dealkylation sites (N-methyl/N-ethyl adjacent to an activating group) is 1. The van der Waals surface area contributed by atoms with Gasteiger partial charge in [-0.3, -0.25) is 4.98 Å². The van der Waals surface area contributed by atoms with Gasteiger partial charge in [0.05, 0.1) is 17.3 Å². The van der Waals surface area contributed by atoms with E-state index in [0.717, 1.165) is 44.4 Å². The minimum absolute atomic E-state index is 0.192. The Morgan fingerprint density at radius 2 is 2.08 bits per heavy atom. The highest BCUT2D eigenvalue weighted by atomic mass is 32.1. The van der Waals surface area contributed by atoms with Crippen LogP contribution in [-0.2, 0) is 6.42 Å². The Bertz CT molecular complexity index is 1090. The van der Waals surface area contributed by atoms with Gasteiger partial charge in [-0.25, -0.2) is 4.39 Å². The molecular weight excluding hydrogens is 347 g/mol. The number of pyridine rings is 1. The van der Waals surface area contributed by atoms with Crippen LogP contribution in [0.1, 0.15) is 5.56 Å². The molecule has 2 aromatic carbocycles. The topological polar surface area (TPSA) is 34.1 Å². The van der Waals surface area contributed by atoms with Crippen LogP contribution in [0.15, 0.2) is 48.0 Å². The molecule has 1 N–H and O–H groups in total. The van der Waals surface area contributed by atoms with E-state index in [4.69, 9.17) is 4.74 Å². The number of halogens is 1. The summed E-state index contributed by atoms with van der Waals surface area (Å²) in [6, 6.07) is 11.4. The minimum Gasteiger partial charge on any atom is -0.496 e. The van der Waals surface area contributed by atoms with Crippen molar-refractivity contribution in [3.8, 4) is 16.9 Å². The SMILES string of the molecule is CNCCc1ccc(-c2c(OC)ccc3ncc4sccc4c23)cc1F. The number of ether oxygens (including phenoxy) is 1. The van der Waals surface area contributed by atoms with E-state index in [1.54, 1.807) is 24.5 Å². The second-order valence-electron chi connectivity index (χ2n) is 6.15. The molecule has 3 nitrogen and oxygen atoms in total. The standard InChI is InChI=1S/C21H19FN2OS/c1-23-9-7-13-3-4-14(11-16(13)22)20-18(25-2)6-5-17-21(20)15-8-10-26-19(15)12-24-17/h3-6,8,10-12,23H,7,9H2,1-2H3. The molecule has 2 aromatic heterocycles. The van der Waals surface area contributed by atoms with Crippen molar-refractivity contribution in [2.24, 2.45) is 0 Å². The molecule has 0 fully saturated rings. The summed E-state index contributed by atoms with van der Waals surface area (Å²) in [5.41, 5.74) is 3.28. The number of benzene rings is 2. The molecular formula is C21H19FN2OS. The van der Waals surface area contributed by atoms with E-state index in [-0.39, 0.29) is 5.82 Å². The van der Waals surface area contributed by atoms with Gasteiger partial charge in [-0.1, -0.05) is 12.1 Å². The number of nitrogens with one attached hydrogen (secondary N) is 1. The van der Waals surface area contributed by atoms with Gasteiger partial charge >= 0.3 is 0 Å². The summed E-state index contributed by atoms with van der Waals surface area (Å²) in [6.07, 6.45) is 2.55. The first-order chi connectivity index (χ1) is 12.7. The molecule has 0 unspecified atom stereocenters. The highest BCUT2D eigenvalue weighted by Gasteiger charge is 2.16. The van der Waals surface area contributed by atoms with Gasteiger partial charge in [-0.05, 0) is 60.8 Å². The predicted molar refractivity (Wildman–Crippen MR) is 107 cm³/mol. The zero-order valence-corrected chi connectivity index (χ0v) is 15.5. The van der Waals surface area contributed by atoms with E-state index in [9.17, 15) is 4.39 Å². The van der Waals surface area contributed by atoms with Crippen LogP contribution in [0.4, 0.5) is 4.39 Å². The zero-order valence-electron chi connectivity index (χ0n) is 14.7. The molecule has 4 rings (SSSR count). The number of methoxy groups -OCH3 is 1. The van der Waals surface area contributed by atoms with Gasteiger partial charge in [0.2, 0.25) is 0 Å². The van der Waals surface area contributed by atoms with E-state index in [1.165, 1.54) is 0 Å². The number of rotatable bonds is 5. The summed E-state index contributed by atoms with van der Waals surface area (Å²) in [5.74, 6) is 0.530. The van der Waals surface area contributed by atoms with Crippen LogP contribution in [0.25, 0.3) is 32.1 Å². The van der Waals surface area contributed by atoms with Crippen LogP contribution in [0.3, 0.4) is 0 Å². The quantitative estimate of drug-likeness (QED) is 0.538. The molecule has 0 aliphatic rings. The smallest absolute Gasteiger partial charge is 0.127 e. The van der Waals surface area contributed by atoms with Gasteiger partial charge in [0.15, 0.2) is 0 Å². The summed E-state index contributed by atoms with van der Waals surface area (Å²) in [5, 5.41) is 7.23. The number of fused-ring (bicyclic) bond motifs is 3. The molecule has 5 heteroatoms. The van der Waals surface area contributed by atoms with Crippen molar-refractivity contribution in [3.63, 3.8) is 0 Å². The van der Waals surface area contributed by atoms with E-state index >= 15 is 0 Å². The van der Waals surface area contributed by atoms with Crippen molar-refractivity contribution in [1.29, 1.82) is 0 Å². The van der Waals surface area contributed by atoms with Crippen LogP contribution >= 0.6 is 11.3 Å². The van der Waals surface area contributed by atoms with Gasteiger partial charge < -0.3 is 10.1 Å². The summed E-state index contributed by atoms with van der Waals surface area (Å²) in [6.45, 7) is 0.743. The maximum Gasteiger partial charge on any atom is 0.127 e. The van der Waals surface area contributed by atoms with Crippen LogP contribution in [0, 0.1) is 5.82 Å². The molecule has 0 atom stereocenters. The first kappa shape index (κ1) is 16.9. The summed E-state index contributed by atoms with van der Waals surface area (Å²) in [4.78, 5) is 4.58. The van der Waals surface area contributed by atoms with E-state index in [0.29, 0.717) is 12.0 Å². The lowest BCUT2D eigenvalue weighted by Gasteiger charge is -2.14. The molecule has 0 saturated heterocycles. The number of aromatic nitrogens is 1. The van der Waals surface area contributed by atoms with Crippen molar-refractivity contribution in [3.05, 3.63) is 59.4 Å². The third kappa shape index (κ3) is 2.83. The molecule has 0 aliphatic heterocycles. The Morgan fingerprint density at radius 3 is 2.85 bits per heavy atom. The Kier molecular flexibility index (Phi) is 4.57. The van der Waals surface area contributed by atoms with Crippen LogP contribution in [0.2, 0.25) is 0 Å². The monoisotopic (exact) mass is 366 g/mol. The number of hydrogen-bond acceptors (Lipinski definition) is 4. The van der Waals surface area contributed by atoms with Crippen molar-refractivity contribution >= 4 is 32.3 Å². The number of thiophene rings is 1. The van der Waals surface area contributed by atoms with Crippen LogP contribution < -0.4 is 10.1 Å². The fourth-order valence-electron chi connectivity index (χ4n) is 3.33. The fraction of sp³-hybridized carbons (Fsp3) is 0.190. The van der Waals surface area contributed by atoms with E-state index < -0.39 is 0 Å². The Labute approximate surface area is 155 Å². The third-order valence-corrected chi connectivity index (χ3v) is 5.49. The molecule has 4 aromatic rings. The molecule has 0 radical (unpaired) electrons. The number of nitrogens with zero attached hydrogens (tertiary/aromatic N) is 1. The maximum atomic E-state index is 14.7. The number of hydrogen-bond donors (Lipinski definition) is 1. The second-order valence-corrected chi connectivity index (χ2v) is 7.10. The second kappa shape index (κ2) is 7.02. The van der Waals surface area contributed by atoms with Crippen LogP contribution in [0.5, 0.6) is 5.75 Å². The van der Waals surface area contributed by atoms with Crippen molar-refractivity contribution in [2.45, 2.75) is 6.42 Å². The fourth-order valence-corrected chi connectivity index (χ4v) is 4.09. The van der Waals surface area contributed by atoms with Gasteiger partial charge in [-0.2, -0.15) is 0 Å². The predicted octanol–water partition coefficient (Wildman–Crippen LogP) is 5.03. The van der Waals surface area contributed by atoms with Gasteiger partial charge in [0, 0.05) is 22.5 Å². The average Bonchev–Trinajstić information content (AvgIpc) is 3.15. The molecule has 0 spiro atoms.